The molecular formula is C66H74N6O12S2. The predicted octanol–water partition coefficient (Wildman–Crippen LogP) is 8.43. The fourth-order valence-corrected chi connectivity index (χ4v) is 14.7. The van der Waals surface area contributed by atoms with Crippen LogP contribution in [0.4, 0.5) is 0 Å². The van der Waals surface area contributed by atoms with Crippen LogP contribution in [0.2, 0.25) is 0 Å². The van der Waals surface area contributed by atoms with E-state index in [1.165, 1.54) is 11.8 Å². The zero-order valence-corrected chi connectivity index (χ0v) is 49.1. The molecule has 452 valence electrons. The Morgan fingerprint density at radius 1 is 0.663 bits per heavy atom. The third-order valence-electron chi connectivity index (χ3n) is 17.7. The molecule has 4 heterocycles. The Balaban J connectivity index is 0.000000191. The molecule has 12 rings (SSSR count). The van der Waals surface area contributed by atoms with Gasteiger partial charge >= 0.3 is 0 Å². The summed E-state index contributed by atoms with van der Waals surface area (Å²) in [4.78, 5) is 78.5. The highest BCUT2D eigenvalue weighted by Gasteiger charge is 2.62. The molecule has 2 aromatic heterocycles. The Bertz CT molecular complexity index is 3840. The van der Waals surface area contributed by atoms with Crippen molar-refractivity contribution < 1.29 is 55.4 Å². The van der Waals surface area contributed by atoms with Crippen LogP contribution in [0.5, 0.6) is 11.8 Å². The molecule has 2 aliphatic heterocycles. The van der Waals surface area contributed by atoms with Gasteiger partial charge in [0.25, 0.3) is 0 Å². The lowest BCUT2D eigenvalue weighted by Gasteiger charge is -2.28. The van der Waals surface area contributed by atoms with Gasteiger partial charge in [-0.15, -0.1) is 13.2 Å². The number of ketones is 2. The summed E-state index contributed by atoms with van der Waals surface area (Å²) in [5, 5.41) is 16.0. The van der Waals surface area contributed by atoms with Crippen LogP contribution < -0.4 is 24.2 Å². The Labute approximate surface area is 502 Å². The van der Waals surface area contributed by atoms with E-state index in [-0.39, 0.29) is 62.7 Å². The van der Waals surface area contributed by atoms with E-state index in [9.17, 15) is 45.9 Å². The number of hydrogen-bond acceptors (Lipinski definition) is 15. The number of pyridine rings is 2. The lowest BCUT2D eigenvalue weighted by Crippen LogP contribution is -2.47. The minimum atomic E-state index is -3.81. The summed E-state index contributed by atoms with van der Waals surface area (Å²) in [5.74, 6) is -2.66. The molecule has 2 unspecified atom stereocenters. The number of rotatable bonds is 22. The van der Waals surface area contributed by atoms with Crippen molar-refractivity contribution in [2.45, 2.75) is 126 Å². The number of Topliss-reactive ketones (excluding diaryl/α,β-unsaturated/α-hetero) is 2. The molecule has 18 nitrogen and oxygen atoms in total. The number of aromatic nitrogens is 2. The molecule has 4 saturated carbocycles. The minimum Gasteiger partial charge on any atom is -0.472 e. The molecule has 6 aromatic rings. The number of amides is 3. The smallest absolute Gasteiger partial charge is 0.240 e. The van der Waals surface area contributed by atoms with E-state index in [2.05, 4.69) is 27.9 Å². The van der Waals surface area contributed by atoms with Crippen LogP contribution in [-0.4, -0.2) is 120 Å². The number of aliphatic hydroxyl groups is 1. The number of carbonyl (C=O) groups is 5. The van der Waals surface area contributed by atoms with Gasteiger partial charge in [0.05, 0.1) is 63.4 Å². The first-order chi connectivity index (χ1) is 40.7. The summed E-state index contributed by atoms with van der Waals surface area (Å²) in [6, 6.07) is 37.8. The largest absolute Gasteiger partial charge is 0.472 e. The number of ether oxygens (including phenoxy) is 2. The number of fused-ring (bicyclic) bond motifs is 2. The van der Waals surface area contributed by atoms with Crippen molar-refractivity contribution in [3.05, 3.63) is 147 Å². The predicted molar refractivity (Wildman–Crippen MR) is 328 cm³/mol. The molecule has 10 atom stereocenters. The summed E-state index contributed by atoms with van der Waals surface area (Å²) in [6.07, 6.45) is 4.52. The molecule has 0 radical (unpaired) electrons. The molecule has 4 aromatic carbocycles. The van der Waals surface area contributed by atoms with Gasteiger partial charge in [0.15, 0.2) is 11.6 Å². The van der Waals surface area contributed by atoms with Gasteiger partial charge in [-0.1, -0.05) is 124 Å². The van der Waals surface area contributed by atoms with Crippen molar-refractivity contribution in [1.82, 2.24) is 29.6 Å². The van der Waals surface area contributed by atoms with Crippen molar-refractivity contribution in [3.8, 4) is 34.3 Å². The zero-order valence-electron chi connectivity index (χ0n) is 47.5. The maximum atomic E-state index is 14.0. The number of nitrogens with zero attached hydrogens (tertiary/aromatic N) is 3. The van der Waals surface area contributed by atoms with E-state index in [4.69, 9.17) is 19.4 Å². The Hall–Kier alpha value is -7.65. The van der Waals surface area contributed by atoms with Crippen molar-refractivity contribution >= 4 is 70.9 Å². The van der Waals surface area contributed by atoms with Crippen LogP contribution >= 0.6 is 0 Å². The van der Waals surface area contributed by atoms with Crippen LogP contribution in [0.25, 0.3) is 44.1 Å². The van der Waals surface area contributed by atoms with Gasteiger partial charge in [0.2, 0.25) is 49.5 Å². The lowest BCUT2D eigenvalue weighted by atomic mass is 9.91. The number of allylic oxidation sites excluding steroid dienone is 2. The van der Waals surface area contributed by atoms with Crippen LogP contribution in [-0.2, 0) is 44.0 Å². The molecule has 20 heteroatoms. The van der Waals surface area contributed by atoms with Gasteiger partial charge in [-0.2, -0.15) is 0 Å². The molecule has 4 N–H and O–H groups in total. The standard InChI is InChI=1S/C35H39N3O7S.C30H31N3O5S.CH4/c1-4-25-18-35(25,34(42)37-46(43,44)27-14-15-27)19-31(40)30-17-26(20-38(30)33(41)21(2)22(3)39)45-32-28-13-9-8-12-24(28)16-29(36-32)23-10-6-5-7-11-23;1-2-21-16-30(21,29(35)33-39(36,37)23-12-13-23)17-27(34)26-15-22(18-31-26)38-28-24-11-7-6-10-20(24)14-25(32-28)19-8-4-3-5-9-19;/h4-13,16,21-22,25-27,30,39H,1,14-15,17-20H2,2-3H3,(H,37,42);2-11,14,21-23,26,31H,1,12-13,15-18H2,(H,33,35);1H4/t21-,22-,25+,26?,30-,35+;21-,22?,26+,30-;/m01./s1. The summed E-state index contributed by atoms with van der Waals surface area (Å²) in [6.45, 7) is 11.2. The maximum absolute atomic E-state index is 14.0. The van der Waals surface area contributed by atoms with Crippen LogP contribution in [0.15, 0.2) is 147 Å². The third-order valence-corrected chi connectivity index (χ3v) is 21.4. The molecule has 0 bridgehead atoms. The quantitative estimate of drug-likeness (QED) is 0.0465. The van der Waals surface area contributed by atoms with Crippen LogP contribution in [0.1, 0.15) is 85.5 Å². The van der Waals surface area contributed by atoms with Gasteiger partial charge in [0, 0.05) is 54.1 Å². The van der Waals surface area contributed by atoms with Gasteiger partial charge in [0.1, 0.15) is 12.2 Å². The van der Waals surface area contributed by atoms with Gasteiger partial charge in [-0.3, -0.25) is 33.4 Å². The Morgan fingerprint density at radius 3 is 1.55 bits per heavy atom. The molecule has 86 heavy (non-hydrogen) atoms. The number of benzene rings is 4. The van der Waals surface area contributed by atoms with Crippen molar-refractivity contribution in [2.75, 3.05) is 13.1 Å². The number of carbonyl (C=O) groups excluding carboxylic acids is 5. The molecule has 2 saturated heterocycles. The van der Waals surface area contributed by atoms with E-state index < -0.39 is 89.3 Å². The van der Waals surface area contributed by atoms with Crippen molar-refractivity contribution in [3.63, 3.8) is 0 Å². The second-order valence-corrected chi connectivity index (χ2v) is 27.7. The first-order valence-corrected chi connectivity index (χ1v) is 32.2. The molecule has 6 aliphatic rings. The monoisotopic (exact) mass is 1210 g/mol. The van der Waals surface area contributed by atoms with Crippen molar-refractivity contribution in [2.24, 2.45) is 28.6 Å². The average Bonchev–Trinajstić information content (AvgIpc) is 1.63. The molecule has 6 fully saturated rings. The summed E-state index contributed by atoms with van der Waals surface area (Å²) in [5.41, 5.74) is 1.12. The molecule has 0 spiro atoms. The molecular weight excluding hydrogens is 1130 g/mol. The van der Waals surface area contributed by atoms with E-state index in [1.807, 2.05) is 121 Å². The topological polar surface area (TPSA) is 257 Å². The van der Waals surface area contributed by atoms with E-state index >= 15 is 0 Å². The summed E-state index contributed by atoms with van der Waals surface area (Å²) >= 11 is 0. The number of sulfonamides is 2. The zero-order chi connectivity index (χ0) is 60.0. The maximum Gasteiger partial charge on any atom is 0.240 e. The number of aliphatic hydroxyl groups excluding tert-OH is 1. The normalized spacial score (nSPS) is 25.5. The summed E-state index contributed by atoms with van der Waals surface area (Å²) in [7, 11) is -7.50. The van der Waals surface area contributed by atoms with Gasteiger partial charge in [-0.25, -0.2) is 26.8 Å². The Kier molecular flexibility index (Phi) is 17.6. The first-order valence-electron chi connectivity index (χ1n) is 29.1. The molecule has 3 amide bonds. The fourth-order valence-electron chi connectivity index (χ4n) is 11.9. The van der Waals surface area contributed by atoms with E-state index in [1.54, 1.807) is 19.1 Å². The van der Waals surface area contributed by atoms with Crippen LogP contribution in [0.3, 0.4) is 0 Å². The highest BCUT2D eigenvalue weighted by atomic mass is 32.2. The van der Waals surface area contributed by atoms with Crippen molar-refractivity contribution in [1.29, 1.82) is 0 Å². The lowest BCUT2D eigenvalue weighted by molar-refractivity contribution is -0.144. The van der Waals surface area contributed by atoms with E-state index in [0.29, 0.717) is 68.9 Å². The highest BCUT2D eigenvalue weighted by Crippen LogP contribution is 2.58. The second kappa shape index (κ2) is 24.6. The number of likely N-dealkylation sites (tertiary alicyclic amines) is 1. The Morgan fingerprint density at radius 2 is 1.10 bits per heavy atom. The SMILES string of the molecule is C.C=C[C@@H]1C[C@]1(CC(=O)[C@@H]1CC(Oc2nc(-c3ccccc3)cc3ccccc23)CN1)C(=O)NS(=O)(=O)C1CC1.C=C[C@@H]1C[C@]1(CC(=O)[C@@H]1CC(Oc2nc(-c3ccccc3)cc3ccccc23)CN1C(=O)[C@@H](C)[C@H](C)O)C(=O)NS(=O)(=O)C1CC1. The fraction of sp³-hybridized carbons (Fsp3) is 0.409. The third kappa shape index (κ3) is 12.9. The average molecular weight is 1210 g/mol. The van der Waals surface area contributed by atoms with Crippen LogP contribution in [0, 0.1) is 28.6 Å². The minimum absolute atomic E-state index is 0. The van der Waals surface area contributed by atoms with Gasteiger partial charge < -0.3 is 24.8 Å². The molecule has 4 aliphatic carbocycles. The van der Waals surface area contributed by atoms with E-state index in [0.717, 1.165) is 38.4 Å². The number of nitrogens with one attached hydrogen (secondary N) is 3. The first kappa shape index (κ1) is 61.4. The second-order valence-electron chi connectivity index (χ2n) is 23.8. The number of hydrogen-bond donors (Lipinski definition) is 4. The van der Waals surface area contributed by atoms with Gasteiger partial charge in [-0.05, 0) is 92.3 Å². The summed E-state index contributed by atoms with van der Waals surface area (Å²) < 4.78 is 67.2. The highest BCUT2D eigenvalue weighted by molar-refractivity contribution is 7.91.